The van der Waals surface area contributed by atoms with Crippen molar-refractivity contribution in [3.8, 4) is 0 Å². The van der Waals surface area contributed by atoms with Gasteiger partial charge in [-0.05, 0) is 44.4 Å². The van der Waals surface area contributed by atoms with E-state index in [1.165, 1.54) is 6.42 Å². The number of para-hydroxylation sites is 1. The van der Waals surface area contributed by atoms with Crippen molar-refractivity contribution >= 4 is 17.6 Å². The molecule has 1 aliphatic carbocycles. The molecule has 0 spiro atoms. The molecule has 1 N–H and O–H groups in total. The fourth-order valence-electron chi connectivity index (χ4n) is 4.03. The van der Waals surface area contributed by atoms with Crippen molar-refractivity contribution in [2.45, 2.75) is 57.0 Å². The van der Waals surface area contributed by atoms with Crippen LogP contribution in [0.5, 0.6) is 0 Å². The van der Waals surface area contributed by atoms with E-state index in [4.69, 9.17) is 0 Å². The van der Waals surface area contributed by atoms with Crippen LogP contribution >= 0.6 is 0 Å². The molecule has 2 aliphatic rings. The van der Waals surface area contributed by atoms with Gasteiger partial charge < -0.3 is 10.0 Å². The van der Waals surface area contributed by atoms with E-state index in [-0.39, 0.29) is 18.5 Å². The van der Waals surface area contributed by atoms with Crippen LogP contribution in [0.3, 0.4) is 0 Å². The molecular formula is C19H26N2O3. The molecule has 5 nitrogen and oxygen atoms in total. The molecule has 1 aromatic rings. The van der Waals surface area contributed by atoms with Crippen LogP contribution in [0.15, 0.2) is 30.3 Å². The summed E-state index contributed by atoms with van der Waals surface area (Å²) in [6.45, 7) is 0.887. The van der Waals surface area contributed by atoms with Crippen molar-refractivity contribution < 1.29 is 14.7 Å². The summed E-state index contributed by atoms with van der Waals surface area (Å²) in [5.74, 6) is -0.787. The Bertz CT molecular complexity index is 569. The number of carbonyl (C=O) groups excluding carboxylic acids is 1. The van der Waals surface area contributed by atoms with Gasteiger partial charge >= 0.3 is 5.97 Å². The van der Waals surface area contributed by atoms with Gasteiger partial charge in [0.25, 0.3) is 0 Å². The monoisotopic (exact) mass is 330 g/mol. The molecule has 1 saturated carbocycles. The SMILES string of the molecule is O=C(O)C1CCCN1CC(=O)N(c1ccccc1)C1CCCCC1. The molecule has 130 valence electrons. The van der Waals surface area contributed by atoms with E-state index in [1.54, 1.807) is 0 Å². The zero-order valence-electron chi connectivity index (χ0n) is 14.1. The number of aliphatic carboxylic acids is 1. The van der Waals surface area contributed by atoms with Crippen molar-refractivity contribution in [1.82, 2.24) is 4.90 Å². The number of hydrogen-bond acceptors (Lipinski definition) is 3. The van der Waals surface area contributed by atoms with Crippen molar-refractivity contribution in [3.63, 3.8) is 0 Å². The summed E-state index contributed by atoms with van der Waals surface area (Å²) in [6.07, 6.45) is 7.09. The smallest absolute Gasteiger partial charge is 0.320 e. The number of nitrogens with zero attached hydrogens (tertiary/aromatic N) is 2. The fraction of sp³-hybridized carbons (Fsp3) is 0.579. The number of benzene rings is 1. The second kappa shape index (κ2) is 7.79. The Labute approximate surface area is 143 Å². The van der Waals surface area contributed by atoms with Crippen LogP contribution in [0.25, 0.3) is 0 Å². The fourth-order valence-corrected chi connectivity index (χ4v) is 4.03. The van der Waals surface area contributed by atoms with Crippen LogP contribution in [0, 0.1) is 0 Å². The minimum absolute atomic E-state index is 0.0289. The molecule has 3 rings (SSSR count). The van der Waals surface area contributed by atoms with E-state index < -0.39 is 12.0 Å². The van der Waals surface area contributed by atoms with Crippen molar-refractivity contribution in [3.05, 3.63) is 30.3 Å². The molecule has 0 bridgehead atoms. The number of amides is 1. The van der Waals surface area contributed by atoms with Crippen LogP contribution in [-0.4, -0.2) is 47.1 Å². The number of rotatable bonds is 5. The van der Waals surface area contributed by atoms with Crippen LogP contribution in [0.1, 0.15) is 44.9 Å². The lowest BCUT2D eigenvalue weighted by atomic mass is 9.93. The lowest BCUT2D eigenvalue weighted by Crippen LogP contribution is -2.48. The summed E-state index contributed by atoms with van der Waals surface area (Å²) >= 11 is 0. The Morgan fingerprint density at radius 1 is 1.04 bits per heavy atom. The Morgan fingerprint density at radius 2 is 1.75 bits per heavy atom. The van der Waals surface area contributed by atoms with Gasteiger partial charge in [0.15, 0.2) is 0 Å². The van der Waals surface area contributed by atoms with Crippen molar-refractivity contribution in [1.29, 1.82) is 0 Å². The third-order valence-corrected chi connectivity index (χ3v) is 5.23. The highest BCUT2D eigenvalue weighted by Gasteiger charge is 2.34. The molecule has 0 radical (unpaired) electrons. The topological polar surface area (TPSA) is 60.9 Å². The highest BCUT2D eigenvalue weighted by molar-refractivity contribution is 5.95. The number of carboxylic acid groups (broad SMARTS) is 1. The van der Waals surface area contributed by atoms with Crippen LogP contribution < -0.4 is 4.90 Å². The molecule has 1 amide bonds. The van der Waals surface area contributed by atoms with Crippen molar-refractivity contribution in [2.24, 2.45) is 0 Å². The zero-order valence-corrected chi connectivity index (χ0v) is 14.1. The standard InChI is InChI=1S/C19H26N2O3/c22-18(14-20-13-7-12-17(20)19(23)24)21(15-8-3-1-4-9-15)16-10-5-2-6-11-16/h1,3-4,8-9,16-17H,2,5-7,10-14H2,(H,23,24). The molecular weight excluding hydrogens is 304 g/mol. The first kappa shape index (κ1) is 17.0. The lowest BCUT2D eigenvalue weighted by molar-refractivity contribution is -0.142. The van der Waals surface area contributed by atoms with E-state index >= 15 is 0 Å². The zero-order chi connectivity index (χ0) is 16.9. The summed E-state index contributed by atoms with van der Waals surface area (Å²) < 4.78 is 0. The van der Waals surface area contributed by atoms with E-state index in [1.807, 2.05) is 40.1 Å². The van der Waals surface area contributed by atoms with Gasteiger partial charge in [-0.1, -0.05) is 37.5 Å². The maximum absolute atomic E-state index is 13.1. The third kappa shape index (κ3) is 3.78. The Hall–Kier alpha value is -1.88. The number of carboxylic acids is 1. The van der Waals surface area contributed by atoms with Crippen molar-refractivity contribution in [2.75, 3.05) is 18.0 Å². The second-order valence-corrected chi connectivity index (χ2v) is 6.86. The highest BCUT2D eigenvalue weighted by atomic mass is 16.4. The van der Waals surface area contributed by atoms with Crippen LogP contribution in [0.4, 0.5) is 5.69 Å². The molecule has 1 unspecified atom stereocenters. The number of likely N-dealkylation sites (tertiary alicyclic amines) is 1. The molecule has 5 heteroatoms. The van der Waals surface area contributed by atoms with Crippen LogP contribution in [0.2, 0.25) is 0 Å². The molecule has 24 heavy (non-hydrogen) atoms. The van der Waals surface area contributed by atoms with Gasteiger partial charge in [0, 0.05) is 11.7 Å². The van der Waals surface area contributed by atoms with Gasteiger partial charge in [-0.2, -0.15) is 0 Å². The first-order chi connectivity index (χ1) is 11.7. The summed E-state index contributed by atoms with van der Waals surface area (Å²) in [4.78, 5) is 28.2. The Morgan fingerprint density at radius 3 is 2.42 bits per heavy atom. The molecule has 1 atom stereocenters. The van der Waals surface area contributed by atoms with Gasteiger partial charge in [0.1, 0.15) is 6.04 Å². The first-order valence-electron chi connectivity index (χ1n) is 9.01. The van der Waals surface area contributed by atoms with E-state index in [0.717, 1.165) is 37.8 Å². The number of anilines is 1. The predicted octanol–water partition coefficient (Wildman–Crippen LogP) is 2.90. The summed E-state index contributed by atoms with van der Waals surface area (Å²) in [6, 6.07) is 9.53. The second-order valence-electron chi connectivity index (χ2n) is 6.86. The van der Waals surface area contributed by atoms with Gasteiger partial charge in [0.05, 0.1) is 6.54 Å². The largest absolute Gasteiger partial charge is 0.480 e. The van der Waals surface area contributed by atoms with Gasteiger partial charge in [0.2, 0.25) is 5.91 Å². The molecule has 1 heterocycles. The minimum atomic E-state index is -0.816. The molecule has 1 aliphatic heterocycles. The predicted molar refractivity (Wildman–Crippen MR) is 93.0 cm³/mol. The average molecular weight is 330 g/mol. The Kier molecular flexibility index (Phi) is 5.51. The van der Waals surface area contributed by atoms with Gasteiger partial charge in [-0.25, -0.2) is 0 Å². The van der Waals surface area contributed by atoms with E-state index in [2.05, 4.69) is 0 Å². The summed E-state index contributed by atoms with van der Waals surface area (Å²) in [7, 11) is 0. The molecule has 0 aromatic heterocycles. The quantitative estimate of drug-likeness (QED) is 0.902. The van der Waals surface area contributed by atoms with Gasteiger partial charge in [-0.3, -0.25) is 14.5 Å². The highest BCUT2D eigenvalue weighted by Crippen LogP contribution is 2.28. The number of hydrogen-bond donors (Lipinski definition) is 1. The Balaban J connectivity index is 1.77. The maximum Gasteiger partial charge on any atom is 0.320 e. The maximum atomic E-state index is 13.1. The number of carbonyl (C=O) groups is 2. The summed E-state index contributed by atoms with van der Waals surface area (Å²) in [5, 5.41) is 9.33. The normalized spacial score (nSPS) is 22.4. The lowest BCUT2D eigenvalue weighted by Gasteiger charge is -2.36. The third-order valence-electron chi connectivity index (χ3n) is 5.23. The first-order valence-corrected chi connectivity index (χ1v) is 9.01. The van der Waals surface area contributed by atoms with Crippen LogP contribution in [-0.2, 0) is 9.59 Å². The van der Waals surface area contributed by atoms with E-state index in [9.17, 15) is 14.7 Å². The molecule has 1 aromatic carbocycles. The molecule has 1 saturated heterocycles. The molecule has 2 fully saturated rings. The van der Waals surface area contributed by atoms with Gasteiger partial charge in [-0.15, -0.1) is 0 Å². The van der Waals surface area contributed by atoms with E-state index in [0.29, 0.717) is 13.0 Å². The summed E-state index contributed by atoms with van der Waals surface area (Å²) in [5.41, 5.74) is 0.931. The average Bonchev–Trinajstić information content (AvgIpc) is 3.05. The minimum Gasteiger partial charge on any atom is -0.480 e.